The predicted molar refractivity (Wildman–Crippen MR) is 54.4 cm³/mol. The van der Waals surface area contributed by atoms with E-state index < -0.39 is 0 Å². The second-order valence-electron chi connectivity index (χ2n) is 3.56. The van der Waals surface area contributed by atoms with Crippen LogP contribution in [0.2, 0.25) is 0 Å². The minimum absolute atomic E-state index is 0.161. The lowest BCUT2D eigenvalue weighted by molar-refractivity contribution is -0.116. The van der Waals surface area contributed by atoms with Crippen molar-refractivity contribution in [3.8, 4) is 0 Å². The SMILES string of the molecule is CC(=O)Cc1csc(C2CCCO2)n1. The summed E-state index contributed by atoms with van der Waals surface area (Å²) in [5.41, 5.74) is 0.882. The molecule has 3 nitrogen and oxygen atoms in total. The van der Waals surface area contributed by atoms with Crippen molar-refractivity contribution >= 4 is 17.1 Å². The molecular weight excluding hydrogens is 198 g/mol. The topological polar surface area (TPSA) is 39.2 Å². The van der Waals surface area contributed by atoms with Crippen LogP contribution in [-0.4, -0.2) is 17.4 Å². The van der Waals surface area contributed by atoms with Crippen molar-refractivity contribution < 1.29 is 9.53 Å². The summed E-state index contributed by atoms with van der Waals surface area (Å²) in [4.78, 5) is 15.3. The van der Waals surface area contributed by atoms with E-state index in [1.54, 1.807) is 18.3 Å². The first kappa shape index (κ1) is 9.80. The molecule has 1 fully saturated rings. The zero-order chi connectivity index (χ0) is 9.97. The Hall–Kier alpha value is -0.740. The molecule has 0 aromatic carbocycles. The molecular formula is C10H13NO2S. The van der Waals surface area contributed by atoms with Crippen LogP contribution in [0.15, 0.2) is 5.38 Å². The number of carbonyl (C=O) groups is 1. The number of carbonyl (C=O) groups excluding carboxylic acids is 1. The molecule has 14 heavy (non-hydrogen) atoms. The maximum Gasteiger partial charge on any atom is 0.135 e. The molecule has 1 aromatic heterocycles. The van der Waals surface area contributed by atoms with Crippen molar-refractivity contribution in [1.82, 2.24) is 4.98 Å². The van der Waals surface area contributed by atoms with Gasteiger partial charge in [-0.1, -0.05) is 0 Å². The van der Waals surface area contributed by atoms with Gasteiger partial charge in [0.1, 0.15) is 16.9 Å². The fourth-order valence-corrected chi connectivity index (χ4v) is 2.48. The van der Waals surface area contributed by atoms with Gasteiger partial charge in [0.2, 0.25) is 0 Å². The van der Waals surface area contributed by atoms with Crippen LogP contribution in [0.3, 0.4) is 0 Å². The highest BCUT2D eigenvalue weighted by molar-refractivity contribution is 7.09. The lowest BCUT2D eigenvalue weighted by Gasteiger charge is -2.03. The standard InChI is InChI=1S/C10H13NO2S/c1-7(12)5-8-6-14-10(11-8)9-3-2-4-13-9/h6,9H,2-5H2,1H3. The van der Waals surface area contributed by atoms with Gasteiger partial charge in [-0.15, -0.1) is 11.3 Å². The fourth-order valence-electron chi connectivity index (χ4n) is 1.58. The van der Waals surface area contributed by atoms with Crippen LogP contribution in [0.5, 0.6) is 0 Å². The van der Waals surface area contributed by atoms with Crippen molar-refractivity contribution in [2.45, 2.75) is 32.3 Å². The van der Waals surface area contributed by atoms with Crippen LogP contribution in [0, 0.1) is 0 Å². The third-order valence-electron chi connectivity index (χ3n) is 2.20. The van der Waals surface area contributed by atoms with Crippen LogP contribution in [0.1, 0.15) is 36.6 Å². The molecule has 0 bridgehead atoms. The van der Waals surface area contributed by atoms with Gasteiger partial charge in [-0.3, -0.25) is 4.79 Å². The van der Waals surface area contributed by atoms with Gasteiger partial charge in [-0.05, 0) is 19.8 Å². The summed E-state index contributed by atoms with van der Waals surface area (Å²) in [6.45, 7) is 2.43. The molecule has 0 amide bonds. The first-order chi connectivity index (χ1) is 6.75. The third kappa shape index (κ3) is 2.19. The van der Waals surface area contributed by atoms with Crippen molar-refractivity contribution in [2.24, 2.45) is 0 Å². The summed E-state index contributed by atoms with van der Waals surface area (Å²) in [7, 11) is 0. The van der Waals surface area contributed by atoms with E-state index in [0.717, 1.165) is 30.2 Å². The molecule has 0 aliphatic carbocycles. The smallest absolute Gasteiger partial charge is 0.135 e. The summed E-state index contributed by atoms with van der Waals surface area (Å²) in [5, 5.41) is 2.98. The first-order valence-electron chi connectivity index (χ1n) is 4.81. The third-order valence-corrected chi connectivity index (χ3v) is 3.19. The normalized spacial score (nSPS) is 21.4. The summed E-state index contributed by atoms with van der Waals surface area (Å²) in [6, 6.07) is 0. The average molecular weight is 211 g/mol. The van der Waals surface area contributed by atoms with E-state index in [0.29, 0.717) is 6.42 Å². The largest absolute Gasteiger partial charge is 0.371 e. The molecule has 76 valence electrons. The van der Waals surface area contributed by atoms with Gasteiger partial charge in [0.15, 0.2) is 0 Å². The monoisotopic (exact) mass is 211 g/mol. The van der Waals surface area contributed by atoms with Crippen molar-refractivity contribution in [2.75, 3.05) is 6.61 Å². The molecule has 0 N–H and O–H groups in total. The highest BCUT2D eigenvalue weighted by Gasteiger charge is 2.20. The Balaban J connectivity index is 2.05. The number of ketones is 1. The van der Waals surface area contributed by atoms with Crippen LogP contribution in [-0.2, 0) is 16.0 Å². The Kier molecular flexibility index (Phi) is 2.93. The molecule has 1 saturated heterocycles. The molecule has 1 unspecified atom stereocenters. The number of hydrogen-bond acceptors (Lipinski definition) is 4. The van der Waals surface area contributed by atoms with Gasteiger partial charge < -0.3 is 4.74 Å². The molecule has 1 aliphatic rings. The molecule has 4 heteroatoms. The van der Waals surface area contributed by atoms with Gasteiger partial charge in [0.05, 0.1) is 5.69 Å². The van der Waals surface area contributed by atoms with E-state index >= 15 is 0 Å². The lowest BCUT2D eigenvalue weighted by Crippen LogP contribution is -1.99. The number of aromatic nitrogens is 1. The molecule has 2 rings (SSSR count). The molecule has 0 saturated carbocycles. The van der Waals surface area contributed by atoms with Gasteiger partial charge in [-0.2, -0.15) is 0 Å². The Labute approximate surface area is 87.1 Å². The molecule has 2 heterocycles. The summed E-state index contributed by atoms with van der Waals surface area (Å²) < 4.78 is 5.52. The Bertz CT molecular complexity index is 329. The maximum absolute atomic E-state index is 10.9. The second kappa shape index (κ2) is 4.19. The van der Waals surface area contributed by atoms with Crippen LogP contribution >= 0.6 is 11.3 Å². The van der Waals surface area contributed by atoms with Gasteiger partial charge >= 0.3 is 0 Å². The number of Topliss-reactive ketones (excluding diaryl/α,β-unsaturated/α-hetero) is 1. The second-order valence-corrected chi connectivity index (χ2v) is 4.45. The van der Waals surface area contributed by atoms with E-state index in [2.05, 4.69) is 4.98 Å². The van der Waals surface area contributed by atoms with Crippen molar-refractivity contribution in [3.05, 3.63) is 16.1 Å². The average Bonchev–Trinajstić information content (AvgIpc) is 2.69. The van der Waals surface area contributed by atoms with E-state index in [-0.39, 0.29) is 11.9 Å². The van der Waals surface area contributed by atoms with Crippen LogP contribution in [0.25, 0.3) is 0 Å². The first-order valence-corrected chi connectivity index (χ1v) is 5.69. The summed E-state index contributed by atoms with van der Waals surface area (Å²) in [6.07, 6.45) is 2.81. The van der Waals surface area contributed by atoms with Crippen LogP contribution < -0.4 is 0 Å². The number of thiazole rings is 1. The summed E-state index contributed by atoms with van der Waals surface area (Å²) in [5.74, 6) is 0.161. The molecule has 1 atom stereocenters. The maximum atomic E-state index is 10.9. The Morgan fingerprint density at radius 3 is 3.29 bits per heavy atom. The molecule has 1 aromatic rings. The van der Waals surface area contributed by atoms with E-state index in [9.17, 15) is 4.79 Å². The zero-order valence-electron chi connectivity index (χ0n) is 8.16. The minimum Gasteiger partial charge on any atom is -0.371 e. The Morgan fingerprint density at radius 1 is 1.79 bits per heavy atom. The van der Waals surface area contributed by atoms with Gasteiger partial charge in [-0.25, -0.2) is 4.98 Å². The van der Waals surface area contributed by atoms with Crippen molar-refractivity contribution in [3.63, 3.8) is 0 Å². The van der Waals surface area contributed by atoms with E-state index in [4.69, 9.17) is 4.74 Å². The Morgan fingerprint density at radius 2 is 2.64 bits per heavy atom. The number of hydrogen-bond donors (Lipinski definition) is 0. The van der Waals surface area contributed by atoms with Crippen molar-refractivity contribution in [1.29, 1.82) is 0 Å². The highest BCUT2D eigenvalue weighted by atomic mass is 32.1. The zero-order valence-corrected chi connectivity index (χ0v) is 8.97. The molecule has 0 radical (unpaired) electrons. The van der Waals surface area contributed by atoms with Crippen LogP contribution in [0.4, 0.5) is 0 Å². The fraction of sp³-hybridized carbons (Fsp3) is 0.600. The lowest BCUT2D eigenvalue weighted by atomic mass is 10.2. The van der Waals surface area contributed by atoms with E-state index in [1.165, 1.54) is 0 Å². The number of rotatable bonds is 3. The highest BCUT2D eigenvalue weighted by Crippen LogP contribution is 2.30. The van der Waals surface area contributed by atoms with Gasteiger partial charge in [0, 0.05) is 18.4 Å². The number of nitrogens with zero attached hydrogens (tertiary/aromatic N) is 1. The molecule has 1 aliphatic heterocycles. The quantitative estimate of drug-likeness (QED) is 0.768. The molecule has 0 spiro atoms. The minimum atomic E-state index is 0.161. The summed E-state index contributed by atoms with van der Waals surface area (Å²) >= 11 is 1.60. The number of ether oxygens (including phenoxy) is 1. The predicted octanol–water partition coefficient (Wildman–Crippen LogP) is 2.13. The van der Waals surface area contributed by atoms with Gasteiger partial charge in [0.25, 0.3) is 0 Å². The van der Waals surface area contributed by atoms with E-state index in [1.807, 2.05) is 5.38 Å².